The van der Waals surface area contributed by atoms with Gasteiger partial charge in [0.1, 0.15) is 6.20 Å². The first-order valence-corrected chi connectivity index (χ1v) is 7.16. The molecule has 7 heteroatoms. The van der Waals surface area contributed by atoms with E-state index < -0.39 is 10.8 Å². The fourth-order valence-corrected chi connectivity index (χ4v) is 2.12. The Balaban J connectivity index is 2.33. The monoisotopic (exact) mass is 314 g/mol. The van der Waals surface area contributed by atoms with E-state index in [-0.39, 0.29) is 11.3 Å². The highest BCUT2D eigenvalue weighted by atomic mass is 16.6. The number of benzene rings is 1. The number of hydrogen-bond donors (Lipinski definition) is 1. The standard InChI is InChI=1S/C16H18N4O3/c1-4-19(3)15-8-6-5-7-14(15)18-16(21)13-9-12(20(22)23)10-17-11(13)2/h5-10H,4H2,1-3H3,(H,18,21). The summed E-state index contributed by atoms with van der Waals surface area (Å²) in [4.78, 5) is 28.7. The van der Waals surface area contributed by atoms with E-state index in [0.717, 1.165) is 18.4 Å². The van der Waals surface area contributed by atoms with E-state index in [4.69, 9.17) is 0 Å². The molecule has 0 unspecified atom stereocenters. The van der Waals surface area contributed by atoms with Gasteiger partial charge in [-0.15, -0.1) is 0 Å². The number of nitrogens with zero attached hydrogens (tertiary/aromatic N) is 3. The van der Waals surface area contributed by atoms with Gasteiger partial charge < -0.3 is 10.2 Å². The molecule has 0 aliphatic heterocycles. The van der Waals surface area contributed by atoms with Crippen molar-refractivity contribution in [3.63, 3.8) is 0 Å². The molecule has 0 aliphatic rings. The Labute approximate surface area is 134 Å². The predicted octanol–water partition coefficient (Wildman–Crippen LogP) is 3.01. The van der Waals surface area contributed by atoms with Crippen LogP contribution in [-0.2, 0) is 0 Å². The van der Waals surface area contributed by atoms with Crippen molar-refractivity contribution in [1.29, 1.82) is 0 Å². The van der Waals surface area contributed by atoms with Crippen LogP contribution in [0.2, 0.25) is 0 Å². The van der Waals surface area contributed by atoms with Crippen LogP contribution in [0.3, 0.4) is 0 Å². The maximum Gasteiger partial charge on any atom is 0.288 e. The zero-order valence-electron chi connectivity index (χ0n) is 13.2. The molecule has 1 N–H and O–H groups in total. The summed E-state index contributed by atoms with van der Waals surface area (Å²) in [6.07, 6.45) is 1.14. The number of nitro groups is 1. The first kappa shape index (κ1) is 16.4. The van der Waals surface area contributed by atoms with E-state index in [2.05, 4.69) is 10.3 Å². The summed E-state index contributed by atoms with van der Waals surface area (Å²) < 4.78 is 0. The van der Waals surface area contributed by atoms with Crippen LogP contribution < -0.4 is 10.2 Å². The molecule has 120 valence electrons. The van der Waals surface area contributed by atoms with Crippen molar-refractivity contribution in [2.75, 3.05) is 23.8 Å². The number of para-hydroxylation sites is 2. The minimum atomic E-state index is -0.567. The van der Waals surface area contributed by atoms with Crippen LogP contribution in [0, 0.1) is 17.0 Å². The van der Waals surface area contributed by atoms with Gasteiger partial charge in [-0.05, 0) is 26.0 Å². The molecule has 7 nitrogen and oxygen atoms in total. The molecule has 2 rings (SSSR count). The number of carbonyl (C=O) groups excluding carboxylic acids is 1. The second-order valence-corrected chi connectivity index (χ2v) is 5.07. The number of anilines is 2. The molecule has 23 heavy (non-hydrogen) atoms. The van der Waals surface area contributed by atoms with E-state index in [1.165, 1.54) is 6.07 Å². The number of amides is 1. The molecule has 1 amide bonds. The van der Waals surface area contributed by atoms with Crippen LogP contribution in [0.15, 0.2) is 36.5 Å². The molecule has 0 atom stereocenters. The van der Waals surface area contributed by atoms with Gasteiger partial charge in [-0.1, -0.05) is 12.1 Å². The van der Waals surface area contributed by atoms with Crippen molar-refractivity contribution < 1.29 is 9.72 Å². The molecule has 0 fully saturated rings. The van der Waals surface area contributed by atoms with Crippen LogP contribution >= 0.6 is 0 Å². The van der Waals surface area contributed by atoms with Crippen molar-refractivity contribution in [3.8, 4) is 0 Å². The van der Waals surface area contributed by atoms with E-state index in [1.54, 1.807) is 13.0 Å². The lowest BCUT2D eigenvalue weighted by Crippen LogP contribution is -2.20. The third kappa shape index (κ3) is 3.63. The first-order valence-electron chi connectivity index (χ1n) is 7.16. The second-order valence-electron chi connectivity index (χ2n) is 5.07. The molecule has 1 aromatic heterocycles. The third-order valence-electron chi connectivity index (χ3n) is 3.57. The molecule has 1 aromatic carbocycles. The molecule has 2 aromatic rings. The molecule has 0 radical (unpaired) electrons. The molecule has 0 saturated heterocycles. The van der Waals surface area contributed by atoms with Crippen LogP contribution in [0.1, 0.15) is 23.0 Å². The summed E-state index contributed by atoms with van der Waals surface area (Å²) in [6, 6.07) is 8.64. The molecule has 1 heterocycles. The lowest BCUT2D eigenvalue weighted by Gasteiger charge is -2.21. The lowest BCUT2D eigenvalue weighted by atomic mass is 10.1. The molecular formula is C16H18N4O3. The van der Waals surface area contributed by atoms with Gasteiger partial charge in [-0.25, -0.2) is 0 Å². The van der Waals surface area contributed by atoms with Gasteiger partial charge in [0.15, 0.2) is 0 Å². The summed E-state index contributed by atoms with van der Waals surface area (Å²) in [5, 5.41) is 13.7. The number of nitrogens with one attached hydrogen (secondary N) is 1. The molecule has 0 aliphatic carbocycles. The van der Waals surface area contributed by atoms with Crippen molar-refractivity contribution in [2.24, 2.45) is 0 Å². The number of carbonyl (C=O) groups is 1. The summed E-state index contributed by atoms with van der Waals surface area (Å²) in [5.41, 5.74) is 1.94. The SMILES string of the molecule is CCN(C)c1ccccc1NC(=O)c1cc([N+](=O)[O-])cnc1C. The van der Waals surface area contributed by atoms with E-state index in [0.29, 0.717) is 11.4 Å². The van der Waals surface area contributed by atoms with Crippen LogP contribution in [0.25, 0.3) is 0 Å². The normalized spacial score (nSPS) is 10.2. The fourth-order valence-electron chi connectivity index (χ4n) is 2.12. The number of aryl methyl sites for hydroxylation is 1. The minimum Gasteiger partial charge on any atom is -0.373 e. The second kappa shape index (κ2) is 6.87. The molecule has 0 bridgehead atoms. The highest BCUT2D eigenvalue weighted by Gasteiger charge is 2.17. The Morgan fingerprint density at radius 3 is 2.74 bits per heavy atom. The zero-order chi connectivity index (χ0) is 17.0. The highest BCUT2D eigenvalue weighted by Crippen LogP contribution is 2.25. The van der Waals surface area contributed by atoms with Crippen LogP contribution in [0.5, 0.6) is 0 Å². The maximum atomic E-state index is 12.5. The van der Waals surface area contributed by atoms with Gasteiger partial charge in [-0.2, -0.15) is 0 Å². The zero-order valence-corrected chi connectivity index (χ0v) is 13.2. The summed E-state index contributed by atoms with van der Waals surface area (Å²) in [6.45, 7) is 4.43. The summed E-state index contributed by atoms with van der Waals surface area (Å²) in [5.74, 6) is -0.421. The number of rotatable bonds is 5. The Bertz CT molecular complexity index is 746. The molecule has 0 spiro atoms. The fraction of sp³-hybridized carbons (Fsp3) is 0.250. The highest BCUT2D eigenvalue weighted by molar-refractivity contribution is 6.06. The summed E-state index contributed by atoms with van der Waals surface area (Å²) >= 11 is 0. The molecule has 0 saturated carbocycles. The number of pyridine rings is 1. The number of hydrogen-bond acceptors (Lipinski definition) is 5. The van der Waals surface area contributed by atoms with Gasteiger partial charge in [0.25, 0.3) is 11.6 Å². The smallest absolute Gasteiger partial charge is 0.288 e. The lowest BCUT2D eigenvalue weighted by molar-refractivity contribution is -0.385. The average molecular weight is 314 g/mol. The van der Waals surface area contributed by atoms with E-state index >= 15 is 0 Å². The van der Waals surface area contributed by atoms with Crippen molar-refractivity contribution in [1.82, 2.24) is 4.98 Å². The predicted molar refractivity (Wildman–Crippen MR) is 89.0 cm³/mol. The summed E-state index contributed by atoms with van der Waals surface area (Å²) in [7, 11) is 1.92. The Morgan fingerprint density at radius 2 is 2.09 bits per heavy atom. The van der Waals surface area contributed by atoms with Crippen molar-refractivity contribution in [3.05, 3.63) is 57.9 Å². The largest absolute Gasteiger partial charge is 0.373 e. The Hall–Kier alpha value is -2.96. The van der Waals surface area contributed by atoms with Crippen LogP contribution in [0.4, 0.5) is 17.1 Å². The quantitative estimate of drug-likeness (QED) is 0.677. The topological polar surface area (TPSA) is 88.4 Å². The van der Waals surface area contributed by atoms with Crippen LogP contribution in [-0.4, -0.2) is 29.4 Å². The van der Waals surface area contributed by atoms with Gasteiger partial charge in [0, 0.05) is 19.7 Å². The van der Waals surface area contributed by atoms with E-state index in [9.17, 15) is 14.9 Å². The van der Waals surface area contributed by atoms with Gasteiger partial charge in [0.05, 0.1) is 27.6 Å². The van der Waals surface area contributed by atoms with Crippen molar-refractivity contribution in [2.45, 2.75) is 13.8 Å². The molecular weight excluding hydrogens is 296 g/mol. The van der Waals surface area contributed by atoms with Gasteiger partial charge in [0.2, 0.25) is 0 Å². The maximum absolute atomic E-state index is 12.5. The van der Waals surface area contributed by atoms with E-state index in [1.807, 2.05) is 37.1 Å². The first-order chi connectivity index (χ1) is 10.9. The Morgan fingerprint density at radius 1 is 1.39 bits per heavy atom. The number of aromatic nitrogens is 1. The minimum absolute atomic E-state index is 0.188. The Kier molecular flexibility index (Phi) is 4.90. The van der Waals surface area contributed by atoms with Gasteiger partial charge >= 0.3 is 0 Å². The average Bonchev–Trinajstić information content (AvgIpc) is 2.54. The van der Waals surface area contributed by atoms with Crippen molar-refractivity contribution >= 4 is 23.0 Å². The van der Waals surface area contributed by atoms with Gasteiger partial charge in [-0.3, -0.25) is 19.9 Å². The third-order valence-corrected chi connectivity index (χ3v) is 3.57.